The number of hydrogen-bond acceptors (Lipinski definition) is 5. The van der Waals surface area contributed by atoms with Gasteiger partial charge in [-0.1, -0.05) is 36.9 Å². The van der Waals surface area contributed by atoms with Gasteiger partial charge in [0.1, 0.15) is 17.2 Å². The molecule has 4 rings (SSSR count). The number of phenols is 1. The van der Waals surface area contributed by atoms with Gasteiger partial charge in [-0.2, -0.15) is 0 Å². The Labute approximate surface area is 160 Å². The molecule has 0 saturated heterocycles. The van der Waals surface area contributed by atoms with Crippen LogP contribution in [0.2, 0.25) is 0 Å². The number of aromatic hydroxyl groups is 1. The predicted molar refractivity (Wildman–Crippen MR) is 100 cm³/mol. The zero-order valence-corrected chi connectivity index (χ0v) is 14.7. The molecule has 0 aliphatic carbocycles. The number of para-hydroxylation sites is 1. The van der Waals surface area contributed by atoms with E-state index in [9.17, 15) is 19.8 Å². The highest BCUT2D eigenvalue weighted by Gasteiger charge is 2.48. The fourth-order valence-corrected chi connectivity index (χ4v) is 3.48. The molecule has 0 amide bonds. The Bertz CT molecular complexity index is 1080. The van der Waals surface area contributed by atoms with Gasteiger partial charge in [-0.25, -0.2) is 4.79 Å². The number of phenolic OH excluding ortho intramolecular Hbond substituents is 1. The summed E-state index contributed by atoms with van der Waals surface area (Å²) in [6.07, 6.45) is 4.08. The molecule has 2 aromatic rings. The van der Waals surface area contributed by atoms with Crippen molar-refractivity contribution < 1.29 is 29.3 Å². The van der Waals surface area contributed by atoms with Crippen LogP contribution in [0.15, 0.2) is 78.4 Å². The second-order valence-corrected chi connectivity index (χ2v) is 6.47. The Morgan fingerprint density at radius 3 is 2.64 bits per heavy atom. The molecular weight excluding hydrogens is 360 g/mol. The van der Waals surface area contributed by atoms with Gasteiger partial charge < -0.3 is 19.7 Å². The molecule has 2 N–H and O–H groups in total. The van der Waals surface area contributed by atoms with Gasteiger partial charge in [-0.3, -0.25) is 4.79 Å². The lowest BCUT2D eigenvalue weighted by atomic mass is 9.77. The van der Waals surface area contributed by atoms with Crippen LogP contribution in [-0.2, 0) is 19.9 Å². The molecule has 6 heteroatoms. The minimum atomic E-state index is -1.48. The number of carboxylic acid groups (broad SMARTS) is 1. The molecule has 2 aliphatic heterocycles. The van der Waals surface area contributed by atoms with Crippen LogP contribution in [0.1, 0.15) is 17.5 Å². The highest BCUT2D eigenvalue weighted by atomic mass is 16.6. The lowest BCUT2D eigenvalue weighted by Crippen LogP contribution is -2.37. The van der Waals surface area contributed by atoms with E-state index in [0.29, 0.717) is 22.6 Å². The van der Waals surface area contributed by atoms with Crippen molar-refractivity contribution in [3.63, 3.8) is 0 Å². The third-order valence-electron chi connectivity index (χ3n) is 4.71. The van der Waals surface area contributed by atoms with Crippen LogP contribution in [0.25, 0.3) is 0 Å². The number of carbonyl (C=O) groups is 2. The monoisotopic (exact) mass is 376 g/mol. The van der Waals surface area contributed by atoms with Crippen molar-refractivity contribution in [3.8, 4) is 17.2 Å². The third kappa shape index (κ3) is 2.66. The molecule has 0 bridgehead atoms. The Morgan fingerprint density at radius 2 is 1.86 bits per heavy atom. The number of fused-ring (bicyclic) bond motifs is 4. The highest BCUT2D eigenvalue weighted by Crippen LogP contribution is 2.53. The van der Waals surface area contributed by atoms with Crippen LogP contribution in [0.5, 0.6) is 17.2 Å². The third-order valence-corrected chi connectivity index (χ3v) is 4.71. The van der Waals surface area contributed by atoms with Crippen molar-refractivity contribution in [2.45, 2.75) is 12.0 Å². The number of benzene rings is 2. The van der Waals surface area contributed by atoms with E-state index in [-0.39, 0.29) is 23.3 Å². The second-order valence-electron chi connectivity index (χ2n) is 6.47. The molecule has 140 valence electrons. The Morgan fingerprint density at radius 1 is 1.11 bits per heavy atom. The molecule has 0 radical (unpaired) electrons. The average Bonchev–Trinajstić information content (AvgIpc) is 2.71. The number of ether oxygens (including phenoxy) is 2. The molecule has 0 fully saturated rings. The average molecular weight is 376 g/mol. The van der Waals surface area contributed by atoms with E-state index < -0.39 is 17.5 Å². The zero-order valence-electron chi connectivity index (χ0n) is 14.7. The minimum absolute atomic E-state index is 0.0169. The van der Waals surface area contributed by atoms with Crippen molar-refractivity contribution in [1.29, 1.82) is 0 Å². The standard InChI is InChI=1S/C22H16O6/c1-13-11-14(21(25)26)5-4-8-20(24)28-22(13)16-6-2-3-7-18(16)27-19-12-15(23)9-10-17(19)22/h2-7,9-12,23H,1,8H2,(H,25,26)/b5-4-,14-11+. The predicted octanol–water partition coefficient (Wildman–Crippen LogP) is 3.81. The van der Waals surface area contributed by atoms with Crippen molar-refractivity contribution in [2.75, 3.05) is 0 Å². The molecule has 2 aromatic carbocycles. The number of rotatable bonds is 1. The van der Waals surface area contributed by atoms with Gasteiger partial charge in [0.05, 0.1) is 12.0 Å². The van der Waals surface area contributed by atoms with Crippen LogP contribution in [0.3, 0.4) is 0 Å². The Hall–Kier alpha value is -3.80. The fraction of sp³-hybridized carbons (Fsp3) is 0.0909. The van der Waals surface area contributed by atoms with E-state index in [1.165, 1.54) is 30.4 Å². The maximum absolute atomic E-state index is 12.6. The minimum Gasteiger partial charge on any atom is -0.508 e. The largest absolute Gasteiger partial charge is 0.508 e. The number of aliphatic carboxylic acids is 1. The van der Waals surface area contributed by atoms with E-state index in [1.807, 2.05) is 0 Å². The van der Waals surface area contributed by atoms with Crippen LogP contribution in [0.4, 0.5) is 0 Å². The van der Waals surface area contributed by atoms with Gasteiger partial charge >= 0.3 is 11.9 Å². The van der Waals surface area contributed by atoms with E-state index in [2.05, 4.69) is 6.58 Å². The molecule has 6 nitrogen and oxygen atoms in total. The molecule has 1 spiro atoms. The van der Waals surface area contributed by atoms with E-state index in [0.717, 1.165) is 0 Å². The summed E-state index contributed by atoms with van der Waals surface area (Å²) < 4.78 is 11.8. The topological polar surface area (TPSA) is 93.1 Å². The number of carboxylic acids is 1. The zero-order chi connectivity index (χ0) is 19.9. The van der Waals surface area contributed by atoms with Gasteiger partial charge in [0.25, 0.3) is 0 Å². The van der Waals surface area contributed by atoms with Crippen molar-refractivity contribution in [2.24, 2.45) is 0 Å². The second kappa shape index (κ2) is 6.42. The smallest absolute Gasteiger partial charge is 0.335 e. The SMILES string of the molecule is C=C1/C=C(C(=O)O)\C=C/CC(=O)OC12c1ccccc1Oc1cc(O)ccc12. The summed E-state index contributed by atoms with van der Waals surface area (Å²) in [6.45, 7) is 4.05. The van der Waals surface area contributed by atoms with Gasteiger partial charge in [0.15, 0.2) is 5.60 Å². The van der Waals surface area contributed by atoms with Gasteiger partial charge in [0.2, 0.25) is 0 Å². The lowest BCUT2D eigenvalue weighted by Gasteiger charge is -2.40. The first-order chi connectivity index (χ1) is 13.4. The van der Waals surface area contributed by atoms with Crippen LogP contribution >= 0.6 is 0 Å². The first-order valence-electron chi connectivity index (χ1n) is 8.55. The quantitative estimate of drug-likeness (QED) is 0.735. The number of esters is 1. The lowest BCUT2D eigenvalue weighted by molar-refractivity contribution is -0.152. The number of carbonyl (C=O) groups excluding carboxylic acids is 1. The summed E-state index contributed by atoms with van der Waals surface area (Å²) in [6, 6.07) is 11.4. The van der Waals surface area contributed by atoms with E-state index in [4.69, 9.17) is 9.47 Å². The molecule has 2 aliphatic rings. The van der Waals surface area contributed by atoms with Crippen LogP contribution in [-0.4, -0.2) is 22.2 Å². The molecule has 0 aromatic heterocycles. The molecule has 1 atom stereocenters. The van der Waals surface area contributed by atoms with Gasteiger partial charge in [0, 0.05) is 17.2 Å². The highest BCUT2D eigenvalue weighted by molar-refractivity contribution is 5.91. The summed E-state index contributed by atoms with van der Waals surface area (Å²) in [5, 5.41) is 19.4. The summed E-state index contributed by atoms with van der Waals surface area (Å²) in [5.41, 5.74) is -0.277. The number of hydrogen-bond donors (Lipinski definition) is 2. The Balaban J connectivity index is 2.05. The van der Waals surface area contributed by atoms with Crippen molar-refractivity contribution >= 4 is 11.9 Å². The molecule has 1 unspecified atom stereocenters. The normalized spacial score (nSPS) is 23.6. The van der Waals surface area contributed by atoms with Gasteiger partial charge in [-0.05, 0) is 29.8 Å². The maximum Gasteiger partial charge on any atom is 0.335 e. The van der Waals surface area contributed by atoms with Crippen LogP contribution < -0.4 is 4.74 Å². The van der Waals surface area contributed by atoms with E-state index >= 15 is 0 Å². The summed E-state index contributed by atoms with van der Waals surface area (Å²) in [7, 11) is 0. The summed E-state index contributed by atoms with van der Waals surface area (Å²) in [4.78, 5) is 24.2. The maximum atomic E-state index is 12.6. The van der Waals surface area contributed by atoms with E-state index in [1.54, 1.807) is 30.3 Å². The van der Waals surface area contributed by atoms with Crippen molar-refractivity contribution in [3.05, 3.63) is 89.5 Å². The summed E-state index contributed by atoms with van der Waals surface area (Å²) in [5.74, 6) is -0.991. The molecule has 28 heavy (non-hydrogen) atoms. The molecule has 2 heterocycles. The first-order valence-corrected chi connectivity index (χ1v) is 8.55. The molecular formula is C22H16O6. The first kappa shape index (κ1) is 17.6. The van der Waals surface area contributed by atoms with Crippen LogP contribution in [0, 0.1) is 0 Å². The molecule has 0 saturated carbocycles. The summed E-state index contributed by atoms with van der Waals surface area (Å²) >= 11 is 0. The Kier molecular flexibility index (Phi) is 4.04. The fourth-order valence-electron chi connectivity index (χ4n) is 3.48. The van der Waals surface area contributed by atoms with Gasteiger partial charge in [-0.15, -0.1) is 0 Å². The van der Waals surface area contributed by atoms with Crippen molar-refractivity contribution in [1.82, 2.24) is 0 Å².